The minimum atomic E-state index is -0.484. The number of rotatable bonds is 10. The minimum Gasteiger partial charge on any atom is -0.491 e. The lowest BCUT2D eigenvalue weighted by atomic mass is 10.1. The molecular formula is C17H30N2O2. The van der Waals surface area contributed by atoms with Gasteiger partial charge in [0, 0.05) is 19.6 Å². The largest absolute Gasteiger partial charge is 0.491 e. The number of benzene rings is 1. The molecule has 0 saturated carbocycles. The molecule has 0 aliphatic rings. The van der Waals surface area contributed by atoms with Gasteiger partial charge in [-0.2, -0.15) is 0 Å². The standard InChI is InChI=1S/C17H30N2O2/c1-5-19(6-2)8-7-18-12-16(20)13-21-17-10-14(3)9-15(4)11-17/h9-11,16,18,20H,5-8,12-13H2,1-4H3. The van der Waals surface area contributed by atoms with Crippen LogP contribution in [0.2, 0.25) is 0 Å². The Morgan fingerprint density at radius 3 is 2.33 bits per heavy atom. The van der Waals surface area contributed by atoms with Gasteiger partial charge in [-0.3, -0.25) is 0 Å². The lowest BCUT2D eigenvalue weighted by molar-refractivity contribution is 0.105. The zero-order chi connectivity index (χ0) is 15.7. The van der Waals surface area contributed by atoms with Crippen molar-refractivity contribution in [1.29, 1.82) is 0 Å². The Morgan fingerprint density at radius 1 is 1.14 bits per heavy atom. The molecule has 1 aromatic rings. The van der Waals surface area contributed by atoms with Crippen LogP contribution in [0.25, 0.3) is 0 Å². The summed E-state index contributed by atoms with van der Waals surface area (Å²) in [5.41, 5.74) is 2.36. The maximum absolute atomic E-state index is 9.93. The van der Waals surface area contributed by atoms with Gasteiger partial charge in [-0.25, -0.2) is 0 Å². The Bertz CT molecular complexity index is 386. The van der Waals surface area contributed by atoms with Crippen molar-refractivity contribution < 1.29 is 9.84 Å². The van der Waals surface area contributed by atoms with Gasteiger partial charge >= 0.3 is 0 Å². The summed E-state index contributed by atoms with van der Waals surface area (Å²) in [4.78, 5) is 2.35. The fraction of sp³-hybridized carbons (Fsp3) is 0.647. The molecule has 4 heteroatoms. The maximum Gasteiger partial charge on any atom is 0.119 e. The van der Waals surface area contributed by atoms with Crippen molar-refractivity contribution in [2.75, 3.05) is 39.3 Å². The van der Waals surface area contributed by atoms with Crippen LogP contribution in [0.1, 0.15) is 25.0 Å². The van der Waals surface area contributed by atoms with Crippen LogP contribution in [0.15, 0.2) is 18.2 Å². The van der Waals surface area contributed by atoms with E-state index in [1.54, 1.807) is 0 Å². The molecule has 0 radical (unpaired) electrons. The summed E-state index contributed by atoms with van der Waals surface area (Å²) in [6, 6.07) is 6.10. The van der Waals surface area contributed by atoms with Crippen molar-refractivity contribution in [1.82, 2.24) is 10.2 Å². The zero-order valence-electron chi connectivity index (χ0n) is 13.9. The summed E-state index contributed by atoms with van der Waals surface area (Å²) in [5.74, 6) is 0.828. The number of hydrogen-bond acceptors (Lipinski definition) is 4. The summed E-state index contributed by atoms with van der Waals surface area (Å²) < 4.78 is 5.65. The van der Waals surface area contributed by atoms with Crippen LogP contribution in [0, 0.1) is 13.8 Å². The summed E-state index contributed by atoms with van der Waals surface area (Å²) >= 11 is 0. The van der Waals surface area contributed by atoms with Crippen molar-refractivity contribution in [2.24, 2.45) is 0 Å². The first-order valence-electron chi connectivity index (χ1n) is 7.87. The van der Waals surface area contributed by atoms with E-state index in [1.165, 1.54) is 11.1 Å². The Morgan fingerprint density at radius 2 is 1.76 bits per heavy atom. The maximum atomic E-state index is 9.93. The molecule has 0 bridgehead atoms. The Balaban J connectivity index is 2.20. The smallest absolute Gasteiger partial charge is 0.119 e. The molecule has 0 spiro atoms. The number of nitrogens with zero attached hydrogens (tertiary/aromatic N) is 1. The third-order valence-corrected chi connectivity index (χ3v) is 3.52. The molecule has 0 amide bonds. The minimum absolute atomic E-state index is 0.321. The number of aliphatic hydroxyl groups excluding tert-OH is 1. The van der Waals surface area contributed by atoms with Gasteiger partial charge in [-0.1, -0.05) is 19.9 Å². The molecule has 0 fully saturated rings. The van der Waals surface area contributed by atoms with Crippen molar-refractivity contribution in [3.05, 3.63) is 29.3 Å². The van der Waals surface area contributed by atoms with E-state index < -0.39 is 6.10 Å². The van der Waals surface area contributed by atoms with E-state index in [-0.39, 0.29) is 0 Å². The molecule has 1 aromatic carbocycles. The van der Waals surface area contributed by atoms with E-state index in [1.807, 2.05) is 26.0 Å². The predicted octanol–water partition coefficient (Wildman–Crippen LogP) is 1.97. The first-order valence-corrected chi connectivity index (χ1v) is 7.87. The average Bonchev–Trinajstić information content (AvgIpc) is 2.44. The van der Waals surface area contributed by atoms with E-state index in [0.717, 1.165) is 31.9 Å². The molecule has 1 unspecified atom stereocenters. The molecule has 1 rings (SSSR count). The van der Waals surface area contributed by atoms with E-state index in [2.05, 4.69) is 30.1 Å². The molecule has 4 nitrogen and oxygen atoms in total. The Kier molecular flexibility index (Phi) is 8.35. The van der Waals surface area contributed by atoms with Gasteiger partial charge in [0.05, 0.1) is 0 Å². The number of ether oxygens (including phenoxy) is 1. The Labute approximate surface area is 129 Å². The molecule has 21 heavy (non-hydrogen) atoms. The van der Waals surface area contributed by atoms with Gasteiger partial charge in [0.15, 0.2) is 0 Å². The number of likely N-dealkylation sites (N-methyl/N-ethyl adjacent to an activating group) is 1. The number of aryl methyl sites for hydroxylation is 2. The monoisotopic (exact) mass is 294 g/mol. The summed E-state index contributed by atoms with van der Waals surface area (Å²) in [7, 11) is 0. The van der Waals surface area contributed by atoms with Crippen molar-refractivity contribution >= 4 is 0 Å². The van der Waals surface area contributed by atoms with Crippen LogP contribution < -0.4 is 10.1 Å². The highest BCUT2D eigenvalue weighted by atomic mass is 16.5. The lowest BCUT2D eigenvalue weighted by Gasteiger charge is -2.19. The van der Waals surface area contributed by atoms with Crippen LogP contribution in [0.5, 0.6) is 5.75 Å². The van der Waals surface area contributed by atoms with E-state index in [9.17, 15) is 5.11 Å². The van der Waals surface area contributed by atoms with Crippen LogP contribution in [0.3, 0.4) is 0 Å². The highest BCUT2D eigenvalue weighted by Gasteiger charge is 2.06. The van der Waals surface area contributed by atoms with Crippen LogP contribution in [-0.2, 0) is 0 Å². The van der Waals surface area contributed by atoms with Crippen molar-refractivity contribution in [2.45, 2.75) is 33.8 Å². The first kappa shape index (κ1) is 18.0. The molecular weight excluding hydrogens is 264 g/mol. The summed E-state index contributed by atoms with van der Waals surface area (Å²) in [6.07, 6.45) is -0.484. The molecule has 0 aliphatic carbocycles. The SMILES string of the molecule is CCN(CC)CCNCC(O)COc1cc(C)cc(C)c1. The van der Waals surface area contributed by atoms with E-state index >= 15 is 0 Å². The second-order valence-corrected chi connectivity index (χ2v) is 5.52. The second kappa shape index (κ2) is 9.77. The molecule has 1 atom stereocenters. The number of aliphatic hydroxyl groups is 1. The average molecular weight is 294 g/mol. The fourth-order valence-corrected chi connectivity index (χ4v) is 2.31. The Hall–Kier alpha value is -1.10. The second-order valence-electron chi connectivity index (χ2n) is 5.52. The predicted molar refractivity (Wildman–Crippen MR) is 88.1 cm³/mol. The molecule has 0 heterocycles. The molecule has 2 N–H and O–H groups in total. The fourth-order valence-electron chi connectivity index (χ4n) is 2.31. The molecule has 0 saturated heterocycles. The molecule has 0 aliphatic heterocycles. The third kappa shape index (κ3) is 7.46. The van der Waals surface area contributed by atoms with Crippen LogP contribution in [-0.4, -0.2) is 55.4 Å². The van der Waals surface area contributed by atoms with Crippen molar-refractivity contribution in [3.8, 4) is 5.75 Å². The number of hydrogen-bond donors (Lipinski definition) is 2. The van der Waals surface area contributed by atoms with Crippen LogP contribution >= 0.6 is 0 Å². The van der Waals surface area contributed by atoms with Gasteiger partial charge in [0.1, 0.15) is 18.5 Å². The highest BCUT2D eigenvalue weighted by Crippen LogP contribution is 2.16. The molecule has 0 aromatic heterocycles. The topological polar surface area (TPSA) is 44.7 Å². The lowest BCUT2D eigenvalue weighted by Crippen LogP contribution is -2.37. The molecule has 120 valence electrons. The quantitative estimate of drug-likeness (QED) is 0.648. The van der Waals surface area contributed by atoms with Gasteiger partial charge < -0.3 is 20.1 Å². The van der Waals surface area contributed by atoms with Gasteiger partial charge in [0.2, 0.25) is 0 Å². The van der Waals surface area contributed by atoms with Crippen molar-refractivity contribution in [3.63, 3.8) is 0 Å². The number of nitrogens with one attached hydrogen (secondary N) is 1. The van der Waals surface area contributed by atoms with Gasteiger partial charge in [-0.05, 0) is 50.2 Å². The first-order chi connectivity index (χ1) is 10.0. The van der Waals surface area contributed by atoms with E-state index in [4.69, 9.17) is 4.74 Å². The zero-order valence-corrected chi connectivity index (χ0v) is 13.9. The van der Waals surface area contributed by atoms with Gasteiger partial charge in [0.25, 0.3) is 0 Å². The van der Waals surface area contributed by atoms with Crippen LogP contribution in [0.4, 0.5) is 0 Å². The summed E-state index contributed by atoms with van der Waals surface area (Å²) in [5, 5.41) is 13.2. The normalized spacial score (nSPS) is 12.7. The summed E-state index contributed by atoms with van der Waals surface area (Å²) in [6.45, 7) is 13.3. The third-order valence-electron chi connectivity index (χ3n) is 3.52. The van der Waals surface area contributed by atoms with E-state index in [0.29, 0.717) is 13.2 Å². The van der Waals surface area contributed by atoms with Gasteiger partial charge in [-0.15, -0.1) is 0 Å². The highest BCUT2D eigenvalue weighted by molar-refractivity contribution is 5.32.